The van der Waals surface area contributed by atoms with Gasteiger partial charge in [0, 0.05) is 25.6 Å². The molecule has 1 heterocycles. The minimum absolute atomic E-state index is 0. The Bertz CT molecular complexity index is 827. The number of halogens is 1. The molecule has 5 nitrogen and oxygen atoms in total. The number of hydrogen-bond acceptors (Lipinski definition) is 2. The molecule has 0 aliphatic heterocycles. The third kappa shape index (κ3) is 6.82. The highest BCUT2D eigenvalue weighted by atomic mass is 127. The van der Waals surface area contributed by atoms with Gasteiger partial charge in [-0.05, 0) is 44.4 Å². The highest BCUT2D eigenvalue weighted by Crippen LogP contribution is 2.10. The van der Waals surface area contributed by atoms with Gasteiger partial charge in [0.2, 0.25) is 0 Å². The molecule has 0 spiro atoms. The van der Waals surface area contributed by atoms with E-state index in [2.05, 4.69) is 70.8 Å². The van der Waals surface area contributed by atoms with Crippen molar-refractivity contribution in [3.63, 3.8) is 0 Å². The smallest absolute Gasteiger partial charge is 0.191 e. The first kappa shape index (κ1) is 22.2. The van der Waals surface area contributed by atoms with Crippen LogP contribution in [0.25, 0.3) is 11.0 Å². The summed E-state index contributed by atoms with van der Waals surface area (Å²) in [5.74, 6) is 1.85. The first-order valence-electron chi connectivity index (χ1n) is 9.77. The summed E-state index contributed by atoms with van der Waals surface area (Å²) in [6.45, 7) is 5.84. The van der Waals surface area contributed by atoms with Gasteiger partial charge < -0.3 is 15.6 Å². The van der Waals surface area contributed by atoms with E-state index in [1.54, 1.807) is 0 Å². The number of H-pyrrole nitrogens is 1. The SMILES string of the molecule is CCNC(=NCCc1nc2ccccc2[nH]1)NC(C)CCc1ccccc1.I. The second kappa shape index (κ2) is 11.7. The third-order valence-electron chi connectivity index (χ3n) is 4.49. The lowest BCUT2D eigenvalue weighted by molar-refractivity contribution is 0.593. The van der Waals surface area contributed by atoms with Crippen LogP contribution in [-0.4, -0.2) is 35.1 Å². The molecular formula is C22H30IN5. The van der Waals surface area contributed by atoms with E-state index in [0.717, 1.165) is 48.6 Å². The van der Waals surface area contributed by atoms with E-state index in [1.165, 1.54) is 5.56 Å². The molecule has 6 heteroatoms. The van der Waals surface area contributed by atoms with Crippen molar-refractivity contribution in [2.45, 2.75) is 39.2 Å². The minimum Gasteiger partial charge on any atom is -0.357 e. The van der Waals surface area contributed by atoms with Crippen molar-refractivity contribution in [3.05, 3.63) is 66.0 Å². The fourth-order valence-electron chi connectivity index (χ4n) is 3.05. The van der Waals surface area contributed by atoms with Crippen LogP contribution in [0.2, 0.25) is 0 Å². The predicted molar refractivity (Wildman–Crippen MR) is 129 cm³/mol. The van der Waals surface area contributed by atoms with E-state index in [-0.39, 0.29) is 24.0 Å². The summed E-state index contributed by atoms with van der Waals surface area (Å²) in [6.07, 6.45) is 2.93. The van der Waals surface area contributed by atoms with E-state index in [9.17, 15) is 0 Å². The molecule has 0 amide bonds. The van der Waals surface area contributed by atoms with Gasteiger partial charge in [-0.2, -0.15) is 0 Å². The van der Waals surface area contributed by atoms with Crippen LogP contribution in [0.4, 0.5) is 0 Å². The maximum Gasteiger partial charge on any atom is 0.191 e. The van der Waals surface area contributed by atoms with Crippen LogP contribution in [0, 0.1) is 0 Å². The van der Waals surface area contributed by atoms with Crippen molar-refractivity contribution < 1.29 is 0 Å². The van der Waals surface area contributed by atoms with Gasteiger partial charge in [-0.3, -0.25) is 4.99 Å². The highest BCUT2D eigenvalue weighted by molar-refractivity contribution is 14.0. The van der Waals surface area contributed by atoms with Gasteiger partial charge in [-0.1, -0.05) is 42.5 Å². The Morgan fingerprint density at radius 2 is 1.82 bits per heavy atom. The zero-order chi connectivity index (χ0) is 18.9. The summed E-state index contributed by atoms with van der Waals surface area (Å²) >= 11 is 0. The second-order valence-corrected chi connectivity index (χ2v) is 6.78. The molecule has 0 saturated heterocycles. The normalized spacial score (nSPS) is 12.4. The number of hydrogen-bond donors (Lipinski definition) is 3. The van der Waals surface area contributed by atoms with Gasteiger partial charge in [-0.25, -0.2) is 4.98 Å². The quantitative estimate of drug-likeness (QED) is 0.250. The van der Waals surface area contributed by atoms with Crippen LogP contribution in [0.3, 0.4) is 0 Å². The van der Waals surface area contributed by atoms with Gasteiger partial charge in [0.1, 0.15) is 5.82 Å². The van der Waals surface area contributed by atoms with E-state index >= 15 is 0 Å². The number of aromatic amines is 1. The molecule has 0 radical (unpaired) electrons. The van der Waals surface area contributed by atoms with Crippen molar-refractivity contribution in [2.75, 3.05) is 13.1 Å². The van der Waals surface area contributed by atoms with Crippen LogP contribution in [0.5, 0.6) is 0 Å². The number of para-hydroxylation sites is 2. The van der Waals surface area contributed by atoms with Gasteiger partial charge in [0.25, 0.3) is 0 Å². The zero-order valence-corrected chi connectivity index (χ0v) is 18.9. The monoisotopic (exact) mass is 491 g/mol. The van der Waals surface area contributed by atoms with Gasteiger partial charge in [0.05, 0.1) is 11.0 Å². The standard InChI is InChI=1S/C22H29N5.HI/c1-3-23-22(25-17(2)13-14-18-9-5-4-6-10-18)24-16-15-21-26-19-11-7-8-12-20(19)27-21;/h4-12,17H,3,13-16H2,1-2H3,(H,26,27)(H2,23,24,25);1H. The molecule has 0 fully saturated rings. The lowest BCUT2D eigenvalue weighted by Crippen LogP contribution is -2.42. The molecule has 1 aromatic heterocycles. The van der Waals surface area contributed by atoms with E-state index < -0.39 is 0 Å². The fraction of sp³-hybridized carbons (Fsp3) is 0.364. The molecule has 0 aliphatic rings. The van der Waals surface area contributed by atoms with Crippen molar-refractivity contribution in [1.82, 2.24) is 20.6 Å². The predicted octanol–water partition coefficient (Wildman–Crippen LogP) is 4.30. The molecular weight excluding hydrogens is 461 g/mol. The highest BCUT2D eigenvalue weighted by Gasteiger charge is 2.06. The van der Waals surface area contributed by atoms with Crippen LogP contribution in [-0.2, 0) is 12.8 Å². The molecule has 0 bridgehead atoms. The molecule has 3 N–H and O–H groups in total. The molecule has 2 aromatic carbocycles. The number of aromatic nitrogens is 2. The van der Waals surface area contributed by atoms with E-state index in [1.807, 2.05) is 18.2 Å². The Morgan fingerprint density at radius 1 is 1.07 bits per heavy atom. The van der Waals surface area contributed by atoms with Crippen LogP contribution < -0.4 is 10.6 Å². The van der Waals surface area contributed by atoms with Gasteiger partial charge >= 0.3 is 0 Å². The zero-order valence-electron chi connectivity index (χ0n) is 16.6. The Hall–Kier alpha value is -2.09. The summed E-state index contributed by atoms with van der Waals surface area (Å²) in [5.41, 5.74) is 3.46. The Balaban J connectivity index is 0.00000280. The minimum atomic E-state index is 0. The summed E-state index contributed by atoms with van der Waals surface area (Å²) in [7, 11) is 0. The Morgan fingerprint density at radius 3 is 2.57 bits per heavy atom. The number of aliphatic imine (C=N–C) groups is 1. The molecule has 28 heavy (non-hydrogen) atoms. The number of guanidine groups is 1. The van der Waals surface area contributed by atoms with Gasteiger partial charge in [-0.15, -0.1) is 24.0 Å². The van der Waals surface area contributed by atoms with E-state index in [4.69, 9.17) is 4.99 Å². The molecule has 150 valence electrons. The maximum atomic E-state index is 4.71. The number of benzene rings is 2. The molecule has 1 unspecified atom stereocenters. The third-order valence-corrected chi connectivity index (χ3v) is 4.49. The lowest BCUT2D eigenvalue weighted by Gasteiger charge is -2.17. The average Bonchev–Trinajstić information content (AvgIpc) is 3.10. The van der Waals surface area contributed by atoms with Crippen LogP contribution in [0.15, 0.2) is 59.6 Å². The molecule has 1 atom stereocenters. The molecule has 3 aromatic rings. The number of fused-ring (bicyclic) bond motifs is 1. The second-order valence-electron chi connectivity index (χ2n) is 6.78. The molecule has 0 saturated carbocycles. The number of nitrogens with zero attached hydrogens (tertiary/aromatic N) is 2. The number of rotatable bonds is 8. The van der Waals surface area contributed by atoms with Crippen molar-refractivity contribution >= 4 is 41.0 Å². The summed E-state index contributed by atoms with van der Waals surface area (Å²) < 4.78 is 0. The summed E-state index contributed by atoms with van der Waals surface area (Å²) in [6, 6.07) is 19.1. The number of aryl methyl sites for hydroxylation is 1. The largest absolute Gasteiger partial charge is 0.357 e. The lowest BCUT2D eigenvalue weighted by atomic mass is 10.1. The van der Waals surface area contributed by atoms with Crippen LogP contribution in [0.1, 0.15) is 31.7 Å². The topological polar surface area (TPSA) is 65.1 Å². The maximum absolute atomic E-state index is 4.71. The van der Waals surface area contributed by atoms with E-state index in [0.29, 0.717) is 12.6 Å². The van der Waals surface area contributed by atoms with Crippen molar-refractivity contribution in [1.29, 1.82) is 0 Å². The fourth-order valence-corrected chi connectivity index (χ4v) is 3.05. The average molecular weight is 491 g/mol. The summed E-state index contributed by atoms with van der Waals surface area (Å²) in [5, 5.41) is 6.84. The van der Waals surface area contributed by atoms with Crippen molar-refractivity contribution in [2.24, 2.45) is 4.99 Å². The molecule has 3 rings (SSSR count). The van der Waals surface area contributed by atoms with Crippen molar-refractivity contribution in [3.8, 4) is 0 Å². The first-order chi connectivity index (χ1) is 13.2. The Kier molecular flexibility index (Phi) is 9.27. The Labute approximate surface area is 184 Å². The summed E-state index contributed by atoms with van der Waals surface area (Å²) in [4.78, 5) is 12.7. The van der Waals surface area contributed by atoms with Crippen LogP contribution >= 0.6 is 24.0 Å². The number of nitrogens with one attached hydrogen (secondary N) is 3. The number of imidazole rings is 1. The molecule has 0 aliphatic carbocycles. The van der Waals surface area contributed by atoms with Gasteiger partial charge in [0.15, 0.2) is 5.96 Å². The first-order valence-corrected chi connectivity index (χ1v) is 9.77.